The molecule has 23 heavy (non-hydrogen) atoms. The normalized spacial score (nSPS) is 13.5. The molecule has 0 aliphatic rings. The van der Waals surface area contributed by atoms with Crippen molar-refractivity contribution in [1.29, 1.82) is 0 Å². The third-order valence-corrected chi connectivity index (χ3v) is 11.6. The molecule has 0 fully saturated rings. The summed E-state index contributed by atoms with van der Waals surface area (Å²) < 4.78 is 22.3. The molecule has 0 amide bonds. The van der Waals surface area contributed by atoms with Crippen LogP contribution in [0.4, 0.5) is 0 Å². The number of carbonyl (C=O) groups excluding carboxylic acids is 1. The van der Waals surface area contributed by atoms with Crippen molar-refractivity contribution in [2.24, 2.45) is 0 Å². The van der Waals surface area contributed by atoms with E-state index < -0.39 is 6.83 Å². The first kappa shape index (κ1) is 22.8. The number of ether oxygens (including phenoxy) is 3. The molecule has 0 aromatic rings. The second kappa shape index (κ2) is 12.2. The predicted molar refractivity (Wildman–Crippen MR) is 97.9 cm³/mol. The summed E-state index contributed by atoms with van der Waals surface area (Å²) in [5.74, 6) is -0.138. The Bertz CT molecular complexity index is 307. The van der Waals surface area contributed by atoms with Crippen molar-refractivity contribution in [2.75, 3.05) is 64.3 Å². The Labute approximate surface area is 142 Å². The van der Waals surface area contributed by atoms with Crippen LogP contribution in [0, 0.1) is 0 Å². The van der Waals surface area contributed by atoms with E-state index in [0.29, 0.717) is 46.1 Å². The van der Waals surface area contributed by atoms with Crippen molar-refractivity contribution in [3.8, 4) is 0 Å². The first-order valence-electron chi connectivity index (χ1n) is 8.98. The van der Waals surface area contributed by atoms with Gasteiger partial charge in [-0.2, -0.15) is 0 Å². The van der Waals surface area contributed by atoms with Crippen LogP contribution in [-0.4, -0.2) is 70.3 Å². The van der Waals surface area contributed by atoms with Crippen molar-refractivity contribution >= 4 is 12.8 Å². The summed E-state index contributed by atoms with van der Waals surface area (Å²) >= 11 is 0. The van der Waals surface area contributed by atoms with Crippen LogP contribution in [-0.2, 0) is 23.5 Å². The molecule has 0 saturated carbocycles. The molecule has 0 aliphatic carbocycles. The second-order valence-corrected chi connectivity index (χ2v) is 12.0. The minimum atomic E-state index is -2.49. The van der Waals surface area contributed by atoms with E-state index in [-0.39, 0.29) is 5.97 Å². The summed E-state index contributed by atoms with van der Waals surface area (Å²) in [6.07, 6.45) is 3.92. The van der Waals surface area contributed by atoms with Gasteiger partial charge in [-0.3, -0.25) is 0 Å². The van der Waals surface area contributed by atoms with Crippen LogP contribution in [0.1, 0.15) is 41.0 Å². The molecule has 0 unspecified atom stereocenters. The number of rotatable bonds is 15. The molecule has 0 heterocycles. The zero-order valence-electron chi connectivity index (χ0n) is 15.8. The molecule has 0 spiro atoms. The van der Waals surface area contributed by atoms with E-state index in [1.165, 1.54) is 0 Å². The first-order valence-corrected chi connectivity index (χ1v) is 11.9. The molecule has 140 valence electrons. The standard InChI is InChI=1S/C17H37O5P/c1-6-19-13-14-21-12-11-17(18)22-23(8-3,9-4,10-5)16-15-20-7-2/h6-16H2,1-5H3. The fourth-order valence-electron chi connectivity index (χ4n) is 2.68. The van der Waals surface area contributed by atoms with Crippen molar-refractivity contribution in [3.05, 3.63) is 0 Å². The van der Waals surface area contributed by atoms with Gasteiger partial charge in [0.25, 0.3) is 0 Å². The Morgan fingerprint density at radius 3 is 1.78 bits per heavy atom. The van der Waals surface area contributed by atoms with E-state index in [1.807, 2.05) is 13.8 Å². The zero-order valence-corrected chi connectivity index (χ0v) is 16.7. The van der Waals surface area contributed by atoms with E-state index in [4.69, 9.17) is 18.7 Å². The van der Waals surface area contributed by atoms with Crippen molar-refractivity contribution in [3.63, 3.8) is 0 Å². The topological polar surface area (TPSA) is 54.0 Å². The molecule has 0 rings (SSSR count). The first-order chi connectivity index (χ1) is 11.0. The van der Waals surface area contributed by atoms with Gasteiger partial charge in [-0.1, -0.05) is 0 Å². The predicted octanol–water partition coefficient (Wildman–Crippen LogP) is 3.54. The van der Waals surface area contributed by atoms with E-state index >= 15 is 0 Å². The summed E-state index contributed by atoms with van der Waals surface area (Å²) in [6.45, 7) is 11.4. The molecule has 6 heteroatoms. The second-order valence-electron chi connectivity index (χ2n) is 5.75. The van der Waals surface area contributed by atoms with Crippen LogP contribution in [0.15, 0.2) is 0 Å². The van der Waals surface area contributed by atoms with Crippen LogP contribution < -0.4 is 0 Å². The van der Waals surface area contributed by atoms with Crippen LogP contribution in [0.25, 0.3) is 0 Å². The SMILES string of the molecule is CCOCCOCCC(=O)OP(CC)(CC)(CC)CCOCC. The summed E-state index contributed by atoms with van der Waals surface area (Å²) in [7, 11) is 0. The van der Waals surface area contributed by atoms with Crippen molar-refractivity contribution < 1.29 is 23.5 Å². The Morgan fingerprint density at radius 1 is 0.739 bits per heavy atom. The zero-order chi connectivity index (χ0) is 17.6. The molecule has 0 aromatic carbocycles. The van der Waals surface area contributed by atoms with Crippen molar-refractivity contribution in [1.82, 2.24) is 0 Å². The van der Waals surface area contributed by atoms with E-state index in [0.717, 1.165) is 24.6 Å². The Hall–Kier alpha value is -0.220. The third kappa shape index (κ3) is 7.93. The summed E-state index contributed by atoms with van der Waals surface area (Å²) in [6, 6.07) is 0. The molecule has 0 N–H and O–H groups in total. The van der Waals surface area contributed by atoms with Gasteiger partial charge in [0, 0.05) is 0 Å². The van der Waals surface area contributed by atoms with Gasteiger partial charge in [0.2, 0.25) is 0 Å². The molecular weight excluding hydrogens is 315 g/mol. The van der Waals surface area contributed by atoms with Crippen LogP contribution in [0.5, 0.6) is 0 Å². The molecule has 5 nitrogen and oxygen atoms in total. The summed E-state index contributed by atoms with van der Waals surface area (Å²) in [5, 5.41) is 0. The van der Waals surface area contributed by atoms with Gasteiger partial charge in [-0.05, 0) is 0 Å². The third-order valence-electron chi connectivity index (χ3n) is 4.79. The quantitative estimate of drug-likeness (QED) is 0.333. The average molecular weight is 352 g/mol. The molecule has 0 aromatic heterocycles. The monoisotopic (exact) mass is 352 g/mol. The van der Waals surface area contributed by atoms with Gasteiger partial charge >= 0.3 is 142 Å². The Balaban J connectivity index is 4.49. The molecule has 0 bridgehead atoms. The van der Waals surface area contributed by atoms with Crippen LogP contribution in [0.2, 0.25) is 0 Å². The van der Waals surface area contributed by atoms with Gasteiger partial charge in [0.15, 0.2) is 0 Å². The van der Waals surface area contributed by atoms with Gasteiger partial charge in [-0.25, -0.2) is 0 Å². The number of carbonyl (C=O) groups is 1. The van der Waals surface area contributed by atoms with E-state index in [1.54, 1.807) is 0 Å². The van der Waals surface area contributed by atoms with Crippen molar-refractivity contribution in [2.45, 2.75) is 41.0 Å². The van der Waals surface area contributed by atoms with Gasteiger partial charge in [0.1, 0.15) is 0 Å². The van der Waals surface area contributed by atoms with E-state index in [2.05, 4.69) is 20.8 Å². The van der Waals surface area contributed by atoms with Gasteiger partial charge < -0.3 is 0 Å². The maximum absolute atomic E-state index is 12.3. The molecular formula is C17H37O5P. The summed E-state index contributed by atoms with van der Waals surface area (Å²) in [4.78, 5) is 12.3. The Kier molecular flexibility index (Phi) is 12.1. The van der Waals surface area contributed by atoms with E-state index in [9.17, 15) is 4.79 Å². The fourth-order valence-corrected chi connectivity index (χ4v) is 6.70. The number of hydrogen-bond donors (Lipinski definition) is 0. The number of hydrogen-bond acceptors (Lipinski definition) is 5. The van der Waals surface area contributed by atoms with Crippen LogP contribution >= 0.6 is 6.83 Å². The molecule has 0 atom stereocenters. The maximum atomic E-state index is 12.3. The minimum absolute atomic E-state index is 0.138. The molecule has 0 radical (unpaired) electrons. The Morgan fingerprint density at radius 2 is 1.26 bits per heavy atom. The van der Waals surface area contributed by atoms with Gasteiger partial charge in [-0.15, -0.1) is 0 Å². The fraction of sp³-hybridized carbons (Fsp3) is 0.941. The van der Waals surface area contributed by atoms with Gasteiger partial charge in [0.05, 0.1) is 0 Å². The summed E-state index contributed by atoms with van der Waals surface area (Å²) in [5.41, 5.74) is 0. The molecule has 0 saturated heterocycles. The van der Waals surface area contributed by atoms with Crippen LogP contribution in [0.3, 0.4) is 0 Å². The molecule has 0 aliphatic heterocycles. The average Bonchev–Trinajstić information content (AvgIpc) is 2.57.